The highest BCUT2D eigenvalue weighted by Crippen LogP contribution is 2.29. The molecule has 0 amide bonds. The van der Waals surface area contributed by atoms with Gasteiger partial charge in [-0.3, -0.25) is 4.98 Å². The van der Waals surface area contributed by atoms with Crippen LogP contribution in [0.2, 0.25) is 0 Å². The summed E-state index contributed by atoms with van der Waals surface area (Å²) in [5, 5.41) is 9.44. The van der Waals surface area contributed by atoms with Gasteiger partial charge in [0.2, 0.25) is 0 Å². The zero-order chi connectivity index (χ0) is 13.6. The Morgan fingerprint density at radius 2 is 1.56 bits per heavy atom. The first-order valence-corrected chi connectivity index (χ1v) is 6.32. The minimum atomic E-state index is -0.0389. The van der Waals surface area contributed by atoms with E-state index in [9.17, 15) is 0 Å². The van der Waals surface area contributed by atoms with Gasteiger partial charge in [-0.15, -0.1) is 0 Å². The van der Waals surface area contributed by atoms with Crippen molar-refractivity contribution in [2.75, 3.05) is 0 Å². The van der Waals surface area contributed by atoms with E-state index < -0.39 is 0 Å². The van der Waals surface area contributed by atoms with Crippen LogP contribution in [0.15, 0.2) is 18.5 Å². The standard InChI is InChI=1S/C15H21N3/c1-14(2,3)11-7-10-8-17-18-13(15(4,5)6)12(10)16-9-11/h7-9H,1-6H3. The van der Waals surface area contributed by atoms with Crippen molar-refractivity contribution in [2.24, 2.45) is 0 Å². The number of hydrogen-bond acceptors (Lipinski definition) is 3. The third-order valence-electron chi connectivity index (χ3n) is 3.07. The number of fused-ring (bicyclic) bond motifs is 1. The van der Waals surface area contributed by atoms with E-state index in [1.54, 1.807) is 6.20 Å². The van der Waals surface area contributed by atoms with E-state index in [1.165, 1.54) is 5.56 Å². The zero-order valence-corrected chi connectivity index (χ0v) is 12.1. The van der Waals surface area contributed by atoms with Gasteiger partial charge in [0.05, 0.1) is 17.4 Å². The average molecular weight is 243 g/mol. The second kappa shape index (κ2) is 4.01. The van der Waals surface area contributed by atoms with Crippen LogP contribution in [0.1, 0.15) is 52.8 Å². The SMILES string of the molecule is CC(C)(C)c1cnc2c(C(C)(C)C)nncc2c1. The second-order valence-electron chi connectivity index (χ2n) is 6.86. The number of rotatable bonds is 0. The van der Waals surface area contributed by atoms with Crippen molar-refractivity contribution in [3.63, 3.8) is 0 Å². The number of pyridine rings is 1. The summed E-state index contributed by atoms with van der Waals surface area (Å²) in [5.41, 5.74) is 3.21. The molecule has 0 spiro atoms. The van der Waals surface area contributed by atoms with Crippen molar-refractivity contribution in [3.8, 4) is 0 Å². The molecule has 3 nitrogen and oxygen atoms in total. The highest BCUT2D eigenvalue weighted by molar-refractivity contribution is 5.80. The van der Waals surface area contributed by atoms with Gasteiger partial charge in [0.15, 0.2) is 0 Å². The lowest BCUT2D eigenvalue weighted by Crippen LogP contribution is -2.16. The fourth-order valence-electron chi connectivity index (χ4n) is 1.89. The lowest BCUT2D eigenvalue weighted by Gasteiger charge is -2.21. The van der Waals surface area contributed by atoms with E-state index in [4.69, 9.17) is 0 Å². The molecule has 0 unspecified atom stereocenters. The molecule has 0 aromatic carbocycles. The quantitative estimate of drug-likeness (QED) is 0.709. The van der Waals surface area contributed by atoms with Crippen molar-refractivity contribution in [2.45, 2.75) is 52.4 Å². The van der Waals surface area contributed by atoms with Crippen LogP contribution in [-0.2, 0) is 10.8 Å². The lowest BCUT2D eigenvalue weighted by molar-refractivity contribution is 0.563. The molecule has 0 aliphatic rings. The summed E-state index contributed by atoms with van der Waals surface area (Å²) in [4.78, 5) is 4.61. The lowest BCUT2D eigenvalue weighted by atomic mass is 9.86. The molecule has 3 heteroatoms. The Hall–Kier alpha value is -1.51. The van der Waals surface area contributed by atoms with E-state index in [2.05, 4.69) is 62.8 Å². The Balaban J connectivity index is 2.68. The molecule has 0 atom stereocenters. The third kappa shape index (κ3) is 2.35. The molecule has 0 radical (unpaired) electrons. The van der Waals surface area contributed by atoms with Gasteiger partial charge in [-0.2, -0.15) is 10.2 Å². The minimum Gasteiger partial charge on any atom is -0.254 e. The number of nitrogens with zero attached hydrogens (tertiary/aromatic N) is 3. The predicted molar refractivity (Wildman–Crippen MR) is 74.7 cm³/mol. The Morgan fingerprint density at radius 1 is 0.889 bits per heavy atom. The van der Waals surface area contributed by atoms with Crippen molar-refractivity contribution in [1.29, 1.82) is 0 Å². The first-order chi connectivity index (χ1) is 8.19. The highest BCUT2D eigenvalue weighted by Gasteiger charge is 2.21. The summed E-state index contributed by atoms with van der Waals surface area (Å²) in [7, 11) is 0. The molecule has 0 saturated heterocycles. The Labute approximate surface area is 109 Å². The van der Waals surface area contributed by atoms with Crippen molar-refractivity contribution >= 4 is 10.9 Å². The van der Waals surface area contributed by atoms with Crippen molar-refractivity contribution < 1.29 is 0 Å². The molecule has 0 fully saturated rings. The maximum atomic E-state index is 4.61. The number of hydrogen-bond donors (Lipinski definition) is 0. The molecule has 0 aliphatic heterocycles. The van der Waals surface area contributed by atoms with Gasteiger partial charge in [-0.1, -0.05) is 41.5 Å². The smallest absolute Gasteiger partial charge is 0.0957 e. The molecule has 0 aliphatic carbocycles. The normalized spacial score (nSPS) is 13.0. The molecule has 18 heavy (non-hydrogen) atoms. The summed E-state index contributed by atoms with van der Waals surface area (Å²) in [6.07, 6.45) is 3.76. The largest absolute Gasteiger partial charge is 0.254 e. The fraction of sp³-hybridized carbons (Fsp3) is 0.533. The molecule has 2 aromatic rings. The van der Waals surface area contributed by atoms with Crippen LogP contribution in [-0.4, -0.2) is 15.2 Å². The van der Waals surface area contributed by atoms with Crippen LogP contribution in [0.4, 0.5) is 0 Å². The second-order valence-corrected chi connectivity index (χ2v) is 6.86. The van der Waals surface area contributed by atoms with Gasteiger partial charge in [0.1, 0.15) is 0 Å². The molecule has 0 bridgehead atoms. The van der Waals surface area contributed by atoms with Crippen LogP contribution < -0.4 is 0 Å². The molecule has 2 aromatic heterocycles. The molecule has 0 saturated carbocycles. The van der Waals surface area contributed by atoms with E-state index in [1.807, 2.05) is 6.20 Å². The molecule has 0 N–H and O–H groups in total. The monoisotopic (exact) mass is 243 g/mol. The van der Waals surface area contributed by atoms with Gasteiger partial charge < -0.3 is 0 Å². The Kier molecular flexibility index (Phi) is 2.88. The average Bonchev–Trinajstić information content (AvgIpc) is 2.25. The van der Waals surface area contributed by atoms with Crippen molar-refractivity contribution in [1.82, 2.24) is 15.2 Å². The first kappa shape index (κ1) is 12.9. The minimum absolute atomic E-state index is 0.0389. The highest BCUT2D eigenvalue weighted by atomic mass is 15.1. The van der Waals surface area contributed by atoms with E-state index in [-0.39, 0.29) is 10.8 Å². The van der Waals surface area contributed by atoms with E-state index >= 15 is 0 Å². The van der Waals surface area contributed by atoms with E-state index in [0.717, 1.165) is 16.6 Å². The molecular weight excluding hydrogens is 222 g/mol. The van der Waals surface area contributed by atoms with Crippen LogP contribution in [0.3, 0.4) is 0 Å². The molecule has 2 heterocycles. The van der Waals surface area contributed by atoms with Crippen molar-refractivity contribution in [3.05, 3.63) is 29.7 Å². The van der Waals surface area contributed by atoms with Crippen LogP contribution in [0.25, 0.3) is 10.9 Å². The summed E-state index contributed by atoms with van der Waals surface area (Å²) in [5.74, 6) is 0. The topological polar surface area (TPSA) is 38.7 Å². The molecule has 96 valence electrons. The summed E-state index contributed by atoms with van der Waals surface area (Å²) in [6, 6.07) is 2.17. The van der Waals surface area contributed by atoms with Crippen LogP contribution in [0, 0.1) is 0 Å². The number of aromatic nitrogens is 3. The first-order valence-electron chi connectivity index (χ1n) is 6.32. The van der Waals surface area contributed by atoms with Gasteiger partial charge in [0.25, 0.3) is 0 Å². The predicted octanol–water partition coefficient (Wildman–Crippen LogP) is 3.62. The fourth-order valence-corrected chi connectivity index (χ4v) is 1.89. The maximum absolute atomic E-state index is 4.61. The summed E-state index contributed by atoms with van der Waals surface area (Å²) < 4.78 is 0. The third-order valence-corrected chi connectivity index (χ3v) is 3.07. The Bertz CT molecular complexity index is 574. The molecule has 2 rings (SSSR count). The zero-order valence-electron chi connectivity index (χ0n) is 12.1. The Morgan fingerprint density at radius 3 is 2.11 bits per heavy atom. The van der Waals surface area contributed by atoms with Gasteiger partial charge in [0, 0.05) is 17.0 Å². The van der Waals surface area contributed by atoms with Gasteiger partial charge in [-0.05, 0) is 17.0 Å². The van der Waals surface area contributed by atoms with Crippen LogP contribution in [0.5, 0.6) is 0 Å². The summed E-state index contributed by atoms with van der Waals surface area (Å²) >= 11 is 0. The summed E-state index contributed by atoms with van der Waals surface area (Å²) in [6.45, 7) is 13.0. The maximum Gasteiger partial charge on any atom is 0.0957 e. The van der Waals surface area contributed by atoms with Gasteiger partial charge in [-0.25, -0.2) is 0 Å². The van der Waals surface area contributed by atoms with Gasteiger partial charge >= 0.3 is 0 Å². The molecular formula is C15H21N3. The van der Waals surface area contributed by atoms with Crippen LogP contribution >= 0.6 is 0 Å². The van der Waals surface area contributed by atoms with E-state index in [0.29, 0.717) is 0 Å².